The van der Waals surface area contributed by atoms with Crippen molar-refractivity contribution in [3.8, 4) is 0 Å². The summed E-state index contributed by atoms with van der Waals surface area (Å²) in [6.07, 6.45) is 3.11. The largest absolute Gasteiger partial charge is 0.444 e. The zero-order valence-electron chi connectivity index (χ0n) is 13.1. The number of hydrogen-bond donors (Lipinski definition) is 1. The van der Waals surface area contributed by atoms with E-state index in [1.54, 1.807) is 0 Å². The molecule has 0 aliphatic carbocycles. The van der Waals surface area contributed by atoms with Crippen molar-refractivity contribution in [1.29, 1.82) is 0 Å². The minimum atomic E-state index is -0.441. The van der Waals surface area contributed by atoms with Crippen molar-refractivity contribution in [1.82, 2.24) is 4.90 Å². The number of nitrogens with zero attached hydrogens (tertiary/aromatic N) is 1. The molecule has 0 bridgehead atoms. The number of rotatable bonds is 2. The van der Waals surface area contributed by atoms with Crippen molar-refractivity contribution in [3.63, 3.8) is 0 Å². The average molecular weight is 270 g/mol. The second-order valence-electron chi connectivity index (χ2n) is 6.90. The first-order chi connectivity index (χ1) is 8.76. The van der Waals surface area contributed by atoms with E-state index in [0.717, 1.165) is 25.8 Å². The van der Waals surface area contributed by atoms with Gasteiger partial charge < -0.3 is 15.4 Å². The van der Waals surface area contributed by atoms with Crippen LogP contribution in [0.15, 0.2) is 0 Å². The number of hydrogen-bond acceptors (Lipinski definition) is 3. The topological polar surface area (TPSA) is 55.6 Å². The van der Waals surface area contributed by atoms with Gasteiger partial charge in [0, 0.05) is 12.6 Å². The summed E-state index contributed by atoms with van der Waals surface area (Å²) in [6, 6.07) is 0.197. The zero-order chi connectivity index (χ0) is 14.6. The van der Waals surface area contributed by atoms with Crippen molar-refractivity contribution < 1.29 is 9.53 Å². The highest BCUT2D eigenvalue weighted by Gasteiger charge is 2.36. The first-order valence-electron chi connectivity index (χ1n) is 7.46. The maximum absolute atomic E-state index is 12.4. The lowest BCUT2D eigenvalue weighted by Crippen LogP contribution is -2.50. The number of carbonyl (C=O) groups is 1. The van der Waals surface area contributed by atoms with E-state index in [9.17, 15) is 4.79 Å². The van der Waals surface area contributed by atoms with Crippen LogP contribution in [0.1, 0.15) is 53.9 Å². The summed E-state index contributed by atoms with van der Waals surface area (Å²) >= 11 is 0. The molecule has 2 N–H and O–H groups in total. The van der Waals surface area contributed by atoms with Crippen LogP contribution in [0.5, 0.6) is 0 Å². The summed E-state index contributed by atoms with van der Waals surface area (Å²) in [5.74, 6) is 0.786. The molecule has 19 heavy (non-hydrogen) atoms. The van der Waals surface area contributed by atoms with Gasteiger partial charge in [-0.05, 0) is 52.0 Å². The molecule has 0 radical (unpaired) electrons. The van der Waals surface area contributed by atoms with E-state index in [1.807, 2.05) is 25.7 Å². The van der Waals surface area contributed by atoms with Crippen LogP contribution in [0, 0.1) is 11.8 Å². The lowest BCUT2D eigenvalue weighted by molar-refractivity contribution is 0.00560. The van der Waals surface area contributed by atoms with E-state index in [0.29, 0.717) is 18.4 Å². The summed E-state index contributed by atoms with van der Waals surface area (Å²) in [7, 11) is 0. The Morgan fingerprint density at radius 3 is 2.47 bits per heavy atom. The van der Waals surface area contributed by atoms with E-state index >= 15 is 0 Å². The van der Waals surface area contributed by atoms with Crippen LogP contribution in [0.25, 0.3) is 0 Å². The zero-order valence-corrected chi connectivity index (χ0v) is 13.1. The van der Waals surface area contributed by atoms with Crippen LogP contribution < -0.4 is 5.73 Å². The third-order valence-electron chi connectivity index (χ3n) is 3.68. The Labute approximate surface area is 117 Å². The maximum Gasteiger partial charge on any atom is 0.410 e. The molecule has 1 saturated heterocycles. The van der Waals surface area contributed by atoms with Crippen molar-refractivity contribution >= 4 is 6.09 Å². The van der Waals surface area contributed by atoms with Gasteiger partial charge in [0.05, 0.1) is 0 Å². The number of amides is 1. The molecule has 4 heteroatoms. The Kier molecular flexibility index (Phi) is 5.65. The molecule has 0 unspecified atom stereocenters. The summed E-state index contributed by atoms with van der Waals surface area (Å²) in [4.78, 5) is 14.3. The highest BCUT2D eigenvalue weighted by Crippen LogP contribution is 2.28. The third kappa shape index (κ3) is 4.68. The van der Waals surface area contributed by atoms with Crippen molar-refractivity contribution in [2.75, 3.05) is 13.1 Å². The van der Waals surface area contributed by atoms with Crippen LogP contribution in [0.4, 0.5) is 4.79 Å². The van der Waals surface area contributed by atoms with Crippen molar-refractivity contribution in [2.45, 2.75) is 65.5 Å². The molecular formula is C15H30N2O2. The molecule has 1 amide bonds. The van der Waals surface area contributed by atoms with Gasteiger partial charge in [-0.15, -0.1) is 0 Å². The fourth-order valence-corrected chi connectivity index (χ4v) is 2.96. The molecule has 1 rings (SSSR count). The van der Waals surface area contributed by atoms with Gasteiger partial charge in [0.15, 0.2) is 0 Å². The molecule has 0 aromatic heterocycles. The van der Waals surface area contributed by atoms with Crippen LogP contribution in [0.3, 0.4) is 0 Å². The molecule has 1 aliphatic heterocycles. The maximum atomic E-state index is 12.4. The molecule has 0 spiro atoms. The molecule has 4 nitrogen and oxygen atoms in total. The molecular weight excluding hydrogens is 240 g/mol. The Morgan fingerprint density at radius 1 is 1.37 bits per heavy atom. The highest BCUT2D eigenvalue weighted by molar-refractivity contribution is 5.68. The van der Waals surface area contributed by atoms with Gasteiger partial charge in [-0.2, -0.15) is 0 Å². The molecule has 1 fully saturated rings. The van der Waals surface area contributed by atoms with E-state index in [1.165, 1.54) is 0 Å². The van der Waals surface area contributed by atoms with Gasteiger partial charge in [-0.25, -0.2) is 4.79 Å². The second kappa shape index (κ2) is 6.60. The van der Waals surface area contributed by atoms with E-state index < -0.39 is 5.60 Å². The fourth-order valence-electron chi connectivity index (χ4n) is 2.96. The van der Waals surface area contributed by atoms with Crippen molar-refractivity contribution in [3.05, 3.63) is 0 Å². The van der Waals surface area contributed by atoms with Gasteiger partial charge in [-0.1, -0.05) is 20.3 Å². The predicted octanol–water partition coefficient (Wildman–Crippen LogP) is 3.01. The fraction of sp³-hybridized carbons (Fsp3) is 0.933. The van der Waals surface area contributed by atoms with Crippen LogP contribution in [-0.4, -0.2) is 35.7 Å². The van der Waals surface area contributed by atoms with Gasteiger partial charge in [0.1, 0.15) is 5.60 Å². The lowest BCUT2D eigenvalue weighted by atomic mass is 9.87. The van der Waals surface area contributed by atoms with Crippen LogP contribution in [-0.2, 0) is 4.74 Å². The van der Waals surface area contributed by atoms with E-state index in [-0.39, 0.29) is 12.1 Å². The first kappa shape index (κ1) is 16.3. The van der Waals surface area contributed by atoms with Gasteiger partial charge in [0.2, 0.25) is 0 Å². The number of nitrogens with two attached hydrogens (primary N) is 1. The van der Waals surface area contributed by atoms with Gasteiger partial charge in [-0.3, -0.25) is 0 Å². The Bertz CT molecular complexity index is 297. The highest BCUT2D eigenvalue weighted by atomic mass is 16.6. The second-order valence-corrected chi connectivity index (χ2v) is 6.90. The first-order valence-corrected chi connectivity index (χ1v) is 7.46. The molecule has 1 aliphatic rings. The molecule has 1 heterocycles. The minimum absolute atomic E-state index is 0.188. The van der Waals surface area contributed by atoms with Crippen molar-refractivity contribution in [2.24, 2.45) is 17.6 Å². The third-order valence-corrected chi connectivity index (χ3v) is 3.68. The Hall–Kier alpha value is -0.770. The molecule has 0 aromatic carbocycles. The summed E-state index contributed by atoms with van der Waals surface area (Å²) in [5.41, 5.74) is 5.47. The van der Waals surface area contributed by atoms with Gasteiger partial charge in [0.25, 0.3) is 0 Å². The monoisotopic (exact) mass is 270 g/mol. The quantitative estimate of drug-likeness (QED) is 0.839. The summed E-state index contributed by atoms with van der Waals surface area (Å²) < 4.78 is 5.55. The molecule has 2 atom stereocenters. The lowest BCUT2D eigenvalue weighted by Gasteiger charge is -2.38. The standard InChI is InChI=1S/C15H30N2O2/c1-11(2)13-12(10-16)8-6-7-9-17(13)14(18)19-15(3,4)5/h11-13H,6-10,16H2,1-5H3/t12-,13-/m1/s1. The minimum Gasteiger partial charge on any atom is -0.444 e. The predicted molar refractivity (Wildman–Crippen MR) is 78.0 cm³/mol. The normalized spacial score (nSPS) is 25.3. The molecule has 0 saturated carbocycles. The average Bonchev–Trinajstić information content (AvgIpc) is 2.47. The smallest absolute Gasteiger partial charge is 0.410 e. The Morgan fingerprint density at radius 2 is 2.00 bits per heavy atom. The number of ether oxygens (including phenoxy) is 1. The van der Waals surface area contributed by atoms with Crippen LogP contribution in [0.2, 0.25) is 0 Å². The SMILES string of the molecule is CC(C)[C@@H]1[C@@H](CN)CCCCN1C(=O)OC(C)(C)C. The number of likely N-dealkylation sites (tertiary alicyclic amines) is 1. The molecule has 112 valence electrons. The summed E-state index contributed by atoms with van der Waals surface area (Å²) in [5, 5.41) is 0. The van der Waals surface area contributed by atoms with Gasteiger partial charge >= 0.3 is 6.09 Å². The van der Waals surface area contributed by atoms with E-state index in [2.05, 4.69) is 13.8 Å². The van der Waals surface area contributed by atoms with E-state index in [4.69, 9.17) is 10.5 Å². The number of carbonyl (C=O) groups excluding carboxylic acids is 1. The van der Waals surface area contributed by atoms with Crippen LogP contribution >= 0.6 is 0 Å². The summed E-state index contributed by atoms with van der Waals surface area (Å²) in [6.45, 7) is 11.5. The molecule has 0 aromatic rings. The Balaban J connectivity index is 2.89.